The van der Waals surface area contributed by atoms with Crippen LogP contribution in [0.2, 0.25) is 0 Å². The van der Waals surface area contributed by atoms with E-state index >= 15 is 0 Å². The predicted octanol–water partition coefficient (Wildman–Crippen LogP) is 4.87. The van der Waals surface area contributed by atoms with E-state index in [0.717, 1.165) is 20.6 Å². The number of hydrogen-bond acceptors (Lipinski definition) is 6. The van der Waals surface area contributed by atoms with Gasteiger partial charge in [-0.1, -0.05) is 22.0 Å². The van der Waals surface area contributed by atoms with Crippen molar-refractivity contribution in [2.45, 2.75) is 18.2 Å². The molecule has 4 heterocycles. The number of hydrogen-bond donors (Lipinski definition) is 1. The molecule has 3 aromatic rings. The fourth-order valence-electron chi connectivity index (χ4n) is 4.41. The zero-order valence-corrected chi connectivity index (χ0v) is 18.3. The summed E-state index contributed by atoms with van der Waals surface area (Å²) in [6.45, 7) is 0. The first-order valence-electron chi connectivity index (χ1n) is 9.49. The van der Waals surface area contributed by atoms with Gasteiger partial charge in [0.25, 0.3) is 5.91 Å². The van der Waals surface area contributed by atoms with E-state index in [1.807, 2.05) is 52.9 Å². The smallest absolute Gasteiger partial charge is 0.306 e. The lowest BCUT2D eigenvalue weighted by molar-refractivity contribution is -0.161. The van der Waals surface area contributed by atoms with Crippen molar-refractivity contribution in [2.24, 2.45) is 5.10 Å². The number of hydrazone groups is 1. The first-order chi connectivity index (χ1) is 14.6. The Hall–Kier alpha value is -2.84. The normalized spacial score (nSPS) is 23.4. The fourth-order valence-corrected chi connectivity index (χ4v) is 5.51. The average Bonchev–Trinajstić information content (AvgIpc) is 3.48. The second-order valence-corrected chi connectivity index (χ2v) is 9.25. The summed E-state index contributed by atoms with van der Waals surface area (Å²) in [5, 5.41) is 11.8. The van der Waals surface area contributed by atoms with E-state index in [-0.39, 0.29) is 11.9 Å². The van der Waals surface area contributed by atoms with Gasteiger partial charge in [0.1, 0.15) is 11.5 Å². The maximum Gasteiger partial charge on any atom is 0.306 e. The monoisotopic (exact) mass is 481 g/mol. The number of carbonyl (C=O) groups is 1. The summed E-state index contributed by atoms with van der Waals surface area (Å²) in [7, 11) is 1.61. The van der Waals surface area contributed by atoms with Gasteiger partial charge in [0.05, 0.1) is 35.0 Å². The van der Waals surface area contributed by atoms with Crippen molar-refractivity contribution < 1.29 is 14.3 Å². The Balaban J connectivity index is 1.60. The van der Waals surface area contributed by atoms with E-state index in [1.165, 1.54) is 0 Å². The van der Waals surface area contributed by atoms with E-state index in [9.17, 15) is 4.79 Å². The van der Waals surface area contributed by atoms with Crippen molar-refractivity contribution in [3.05, 3.63) is 74.4 Å². The van der Waals surface area contributed by atoms with Crippen LogP contribution in [0.1, 0.15) is 28.5 Å². The Morgan fingerprint density at radius 3 is 3.00 bits per heavy atom. The highest BCUT2D eigenvalue weighted by Crippen LogP contribution is 2.55. The van der Waals surface area contributed by atoms with Gasteiger partial charge in [0, 0.05) is 16.5 Å². The Labute approximate surface area is 185 Å². The van der Waals surface area contributed by atoms with Crippen LogP contribution in [0.25, 0.3) is 0 Å². The highest BCUT2D eigenvalue weighted by molar-refractivity contribution is 9.10. The quantitative estimate of drug-likeness (QED) is 0.567. The van der Waals surface area contributed by atoms with Gasteiger partial charge >= 0.3 is 5.72 Å². The van der Waals surface area contributed by atoms with Crippen LogP contribution in [0.5, 0.6) is 11.5 Å². The van der Waals surface area contributed by atoms with E-state index in [4.69, 9.17) is 14.6 Å². The molecule has 6 rings (SSSR count). The van der Waals surface area contributed by atoms with Crippen LogP contribution in [0, 0.1) is 0 Å². The summed E-state index contributed by atoms with van der Waals surface area (Å²) in [6, 6.07) is 15.4. The Kier molecular flexibility index (Phi) is 3.79. The van der Waals surface area contributed by atoms with Crippen molar-refractivity contribution in [3.63, 3.8) is 0 Å². The van der Waals surface area contributed by atoms with Crippen LogP contribution in [0.15, 0.2) is 63.5 Å². The second kappa shape index (κ2) is 6.33. The van der Waals surface area contributed by atoms with E-state index < -0.39 is 5.72 Å². The van der Waals surface area contributed by atoms with Gasteiger partial charge in [-0.15, -0.1) is 11.3 Å². The largest absolute Gasteiger partial charge is 0.497 e. The second-order valence-electron chi connectivity index (χ2n) is 7.38. The van der Waals surface area contributed by atoms with Crippen molar-refractivity contribution in [2.75, 3.05) is 12.4 Å². The summed E-state index contributed by atoms with van der Waals surface area (Å²) < 4.78 is 12.9. The third-order valence-corrected chi connectivity index (χ3v) is 7.19. The number of anilines is 1. The number of amides is 1. The molecular formula is C22H16BrN3O3S. The zero-order valence-electron chi connectivity index (χ0n) is 15.9. The topological polar surface area (TPSA) is 63.2 Å². The molecule has 8 heteroatoms. The van der Waals surface area contributed by atoms with Gasteiger partial charge in [-0.2, -0.15) is 5.10 Å². The van der Waals surface area contributed by atoms with E-state index in [1.54, 1.807) is 18.4 Å². The molecule has 30 heavy (non-hydrogen) atoms. The third kappa shape index (κ3) is 2.34. The van der Waals surface area contributed by atoms with Crippen molar-refractivity contribution in [3.8, 4) is 11.5 Å². The summed E-state index contributed by atoms with van der Waals surface area (Å²) in [5.74, 6) is 1.10. The number of nitrogens with zero attached hydrogens (tertiary/aromatic N) is 2. The lowest BCUT2D eigenvalue weighted by atomic mass is 9.93. The van der Waals surface area contributed by atoms with Crippen LogP contribution >= 0.6 is 27.3 Å². The first-order valence-corrected chi connectivity index (χ1v) is 11.2. The Morgan fingerprint density at radius 2 is 2.20 bits per heavy atom. The molecule has 3 aliphatic heterocycles. The van der Waals surface area contributed by atoms with E-state index in [2.05, 4.69) is 27.3 Å². The van der Waals surface area contributed by atoms with Crippen LogP contribution < -0.4 is 14.8 Å². The molecule has 0 saturated carbocycles. The number of fused-ring (bicyclic) bond motifs is 6. The highest BCUT2D eigenvalue weighted by atomic mass is 79.9. The molecule has 1 spiro atoms. The number of ether oxygens (including phenoxy) is 2. The van der Waals surface area contributed by atoms with Gasteiger partial charge in [0.15, 0.2) is 0 Å². The molecule has 150 valence electrons. The molecule has 2 atom stereocenters. The molecule has 0 fully saturated rings. The number of carbonyl (C=O) groups excluding carboxylic acids is 1. The molecule has 0 bridgehead atoms. The van der Waals surface area contributed by atoms with Crippen LogP contribution in [-0.2, 0) is 10.5 Å². The molecule has 3 aliphatic rings. The lowest BCUT2D eigenvalue weighted by Gasteiger charge is -2.44. The molecule has 0 radical (unpaired) electrons. The summed E-state index contributed by atoms with van der Waals surface area (Å²) in [5.41, 5.74) is 2.00. The molecule has 0 aliphatic carbocycles. The summed E-state index contributed by atoms with van der Waals surface area (Å²) in [6.07, 6.45) is 0.696. The number of benzene rings is 2. The Morgan fingerprint density at radius 1 is 1.30 bits per heavy atom. The number of halogens is 1. The maximum atomic E-state index is 13.4. The number of methoxy groups -OCH3 is 1. The molecule has 2 aromatic carbocycles. The molecule has 1 N–H and O–H groups in total. The minimum absolute atomic E-state index is 0.119. The minimum Gasteiger partial charge on any atom is -0.497 e. The molecule has 1 aromatic heterocycles. The summed E-state index contributed by atoms with van der Waals surface area (Å²) in [4.78, 5) is 14.5. The number of thiophene rings is 1. The van der Waals surface area contributed by atoms with Crippen LogP contribution in [-0.4, -0.2) is 23.7 Å². The van der Waals surface area contributed by atoms with Crippen molar-refractivity contribution >= 4 is 44.6 Å². The van der Waals surface area contributed by atoms with Crippen LogP contribution in [0.3, 0.4) is 0 Å². The van der Waals surface area contributed by atoms with Gasteiger partial charge in [-0.3, -0.25) is 4.79 Å². The molecular weight excluding hydrogens is 466 g/mol. The highest BCUT2D eigenvalue weighted by Gasteiger charge is 2.61. The average molecular weight is 482 g/mol. The van der Waals surface area contributed by atoms with E-state index in [0.29, 0.717) is 29.2 Å². The van der Waals surface area contributed by atoms with Gasteiger partial charge in [0.2, 0.25) is 0 Å². The molecule has 6 nitrogen and oxygen atoms in total. The SMILES string of the molecule is COc1ccc2c(c1)C1(Oc3ccc(Br)cc3C3CC(c4cccs4)=NN31)C(=O)N2. The Bertz CT molecular complexity index is 1230. The lowest BCUT2D eigenvalue weighted by Crippen LogP contribution is -2.55. The molecule has 2 unspecified atom stereocenters. The third-order valence-electron chi connectivity index (χ3n) is 5.77. The maximum absolute atomic E-state index is 13.4. The summed E-state index contributed by atoms with van der Waals surface area (Å²) >= 11 is 5.21. The van der Waals surface area contributed by atoms with Gasteiger partial charge in [-0.25, -0.2) is 5.01 Å². The molecule has 1 amide bonds. The minimum atomic E-state index is -1.38. The number of nitrogens with one attached hydrogen (secondary N) is 1. The van der Waals surface area contributed by atoms with Crippen molar-refractivity contribution in [1.29, 1.82) is 0 Å². The molecule has 0 saturated heterocycles. The van der Waals surface area contributed by atoms with Gasteiger partial charge < -0.3 is 14.8 Å². The fraction of sp³-hybridized carbons (Fsp3) is 0.182. The van der Waals surface area contributed by atoms with Crippen molar-refractivity contribution in [1.82, 2.24) is 5.01 Å². The van der Waals surface area contributed by atoms with Crippen LogP contribution in [0.4, 0.5) is 5.69 Å². The zero-order chi connectivity index (χ0) is 20.5. The first kappa shape index (κ1) is 18.0. The standard InChI is InChI=1S/C22H16BrN3O3S/c1-28-13-5-6-16-15(10-13)22(21(27)24-16)26-18(11-17(25-26)20-3-2-8-30-20)14-9-12(23)4-7-19(14)29-22/h2-10,18H,11H2,1H3,(H,24,27). The van der Waals surface area contributed by atoms with Gasteiger partial charge in [-0.05, 0) is 47.8 Å². The predicted molar refractivity (Wildman–Crippen MR) is 118 cm³/mol. The number of rotatable bonds is 2.